The second-order valence-corrected chi connectivity index (χ2v) is 6.15. The van der Waals surface area contributed by atoms with Crippen molar-refractivity contribution in [2.75, 3.05) is 0 Å². The Morgan fingerprint density at radius 3 is 2.53 bits per heavy atom. The van der Waals surface area contributed by atoms with Gasteiger partial charge in [-0.2, -0.15) is 0 Å². The Bertz CT molecular complexity index is 426. The molecule has 0 radical (unpaired) electrons. The topological polar surface area (TPSA) is 29.1 Å². The van der Waals surface area contributed by atoms with Gasteiger partial charge in [-0.3, -0.25) is 4.79 Å². The number of amides is 1. The summed E-state index contributed by atoms with van der Waals surface area (Å²) in [5, 5.41) is 3.39. The average molecular weight is 272 g/mol. The molecule has 4 heteroatoms. The predicted octanol–water partition coefficient (Wildman–Crippen LogP) is 3.79. The Hall–Kier alpha value is -0.670. The molecule has 1 aromatic rings. The zero-order valence-corrected chi connectivity index (χ0v) is 12.2. The normalized spacial score (nSPS) is 13.3. The van der Waals surface area contributed by atoms with Crippen LogP contribution >= 0.6 is 24.2 Å². The van der Waals surface area contributed by atoms with Crippen molar-refractivity contribution in [3.63, 3.8) is 0 Å². The summed E-state index contributed by atoms with van der Waals surface area (Å²) in [6, 6.07) is 5.18. The molecule has 1 aromatic carbocycles. The summed E-state index contributed by atoms with van der Waals surface area (Å²) in [5.41, 5.74) is 0.482. The van der Waals surface area contributed by atoms with Crippen LogP contribution in [0.4, 0.5) is 0 Å². The Morgan fingerprint density at radius 2 is 2.00 bits per heavy atom. The summed E-state index contributed by atoms with van der Waals surface area (Å²) in [6.07, 6.45) is 0. The molecule has 0 heterocycles. The van der Waals surface area contributed by atoms with E-state index in [4.69, 9.17) is 11.6 Å². The monoisotopic (exact) mass is 271 g/mol. The molecule has 0 fully saturated rings. The lowest BCUT2D eigenvalue weighted by Crippen LogP contribution is -2.41. The quantitative estimate of drug-likeness (QED) is 0.788. The van der Waals surface area contributed by atoms with E-state index in [1.165, 1.54) is 0 Å². The fourth-order valence-electron chi connectivity index (χ4n) is 1.18. The summed E-state index contributed by atoms with van der Waals surface area (Å²) in [5.74, 6) is -0.159. The van der Waals surface area contributed by atoms with Crippen molar-refractivity contribution in [2.45, 2.75) is 38.6 Å². The van der Waals surface area contributed by atoms with E-state index < -0.39 is 0 Å². The highest BCUT2D eigenvalue weighted by atomic mass is 35.5. The summed E-state index contributed by atoms with van der Waals surface area (Å²) >= 11 is 10.2. The standard InChI is InChI=1S/C13H18ClNOS/c1-8(13(2,3)4)15-12(16)10-7-9(17)5-6-11(10)14/h5-8,17H,1-4H3,(H,15,16). The summed E-state index contributed by atoms with van der Waals surface area (Å²) in [6.45, 7) is 8.22. The van der Waals surface area contributed by atoms with Crippen LogP contribution in [0.3, 0.4) is 0 Å². The Balaban J connectivity index is 2.87. The van der Waals surface area contributed by atoms with Crippen molar-refractivity contribution in [2.24, 2.45) is 5.41 Å². The van der Waals surface area contributed by atoms with Crippen LogP contribution in [0, 0.1) is 5.41 Å². The molecule has 0 bridgehead atoms. The first-order valence-electron chi connectivity index (χ1n) is 5.51. The number of benzene rings is 1. The number of nitrogens with one attached hydrogen (secondary N) is 1. The zero-order chi connectivity index (χ0) is 13.2. The van der Waals surface area contributed by atoms with Gasteiger partial charge in [0, 0.05) is 10.9 Å². The first-order chi connectivity index (χ1) is 7.71. The molecule has 0 aromatic heterocycles. The highest BCUT2D eigenvalue weighted by Gasteiger charge is 2.23. The van der Waals surface area contributed by atoms with Crippen molar-refractivity contribution < 1.29 is 4.79 Å². The van der Waals surface area contributed by atoms with Gasteiger partial charge in [0.2, 0.25) is 0 Å². The van der Waals surface area contributed by atoms with Crippen molar-refractivity contribution in [1.82, 2.24) is 5.32 Å². The van der Waals surface area contributed by atoms with Crippen LogP contribution in [0.1, 0.15) is 38.1 Å². The molecular weight excluding hydrogens is 254 g/mol. The lowest BCUT2D eigenvalue weighted by atomic mass is 9.88. The van der Waals surface area contributed by atoms with Crippen molar-refractivity contribution >= 4 is 30.1 Å². The molecule has 17 heavy (non-hydrogen) atoms. The predicted molar refractivity (Wildman–Crippen MR) is 75.1 cm³/mol. The fraction of sp³-hybridized carbons (Fsp3) is 0.462. The van der Waals surface area contributed by atoms with E-state index in [-0.39, 0.29) is 17.4 Å². The van der Waals surface area contributed by atoms with Crippen LogP contribution in [0.15, 0.2) is 23.1 Å². The lowest BCUT2D eigenvalue weighted by molar-refractivity contribution is 0.0910. The van der Waals surface area contributed by atoms with Gasteiger partial charge >= 0.3 is 0 Å². The number of hydrogen-bond donors (Lipinski definition) is 2. The second-order valence-electron chi connectivity index (χ2n) is 5.23. The van der Waals surface area contributed by atoms with Crippen LogP contribution in [-0.2, 0) is 0 Å². The molecule has 0 aliphatic carbocycles. The van der Waals surface area contributed by atoms with E-state index in [1.54, 1.807) is 18.2 Å². The molecule has 2 nitrogen and oxygen atoms in total. The van der Waals surface area contributed by atoms with E-state index in [9.17, 15) is 4.79 Å². The van der Waals surface area contributed by atoms with Crippen LogP contribution in [-0.4, -0.2) is 11.9 Å². The van der Waals surface area contributed by atoms with Gasteiger partial charge in [-0.05, 0) is 30.5 Å². The molecule has 1 unspecified atom stereocenters. The van der Waals surface area contributed by atoms with E-state index in [2.05, 4.69) is 38.7 Å². The third-order valence-electron chi connectivity index (χ3n) is 2.84. The van der Waals surface area contributed by atoms with Crippen LogP contribution in [0.5, 0.6) is 0 Å². The molecule has 1 rings (SSSR count). The zero-order valence-electron chi connectivity index (χ0n) is 10.5. The largest absolute Gasteiger partial charge is 0.349 e. The van der Waals surface area contributed by atoms with Gasteiger partial charge in [0.25, 0.3) is 5.91 Å². The maximum Gasteiger partial charge on any atom is 0.253 e. The maximum atomic E-state index is 12.0. The van der Waals surface area contributed by atoms with Crippen molar-refractivity contribution in [3.8, 4) is 0 Å². The Kier molecular flexibility index (Phi) is 4.50. The number of thiol groups is 1. The van der Waals surface area contributed by atoms with Gasteiger partial charge < -0.3 is 5.32 Å². The summed E-state index contributed by atoms with van der Waals surface area (Å²) < 4.78 is 0. The molecule has 0 aliphatic rings. The number of carbonyl (C=O) groups is 1. The molecule has 0 saturated carbocycles. The number of halogens is 1. The highest BCUT2D eigenvalue weighted by molar-refractivity contribution is 7.80. The minimum atomic E-state index is -0.159. The SMILES string of the molecule is CC(NC(=O)c1cc(S)ccc1Cl)C(C)(C)C. The van der Waals surface area contributed by atoms with Crippen LogP contribution < -0.4 is 5.32 Å². The van der Waals surface area contributed by atoms with E-state index in [0.717, 1.165) is 4.90 Å². The van der Waals surface area contributed by atoms with Gasteiger partial charge in [-0.25, -0.2) is 0 Å². The molecule has 0 spiro atoms. The first-order valence-corrected chi connectivity index (χ1v) is 6.33. The second kappa shape index (κ2) is 5.32. The Morgan fingerprint density at radius 1 is 1.41 bits per heavy atom. The number of rotatable bonds is 2. The van der Waals surface area contributed by atoms with Gasteiger partial charge in [0.05, 0.1) is 10.6 Å². The molecule has 94 valence electrons. The fourth-order valence-corrected chi connectivity index (χ4v) is 1.59. The highest BCUT2D eigenvalue weighted by Crippen LogP contribution is 2.22. The molecular formula is C13H18ClNOS. The van der Waals surface area contributed by atoms with Crippen molar-refractivity contribution in [3.05, 3.63) is 28.8 Å². The summed E-state index contributed by atoms with van der Waals surface area (Å²) in [7, 11) is 0. The molecule has 1 atom stereocenters. The summed E-state index contributed by atoms with van der Waals surface area (Å²) in [4.78, 5) is 12.8. The third kappa shape index (κ3) is 3.93. The van der Waals surface area contributed by atoms with Gasteiger partial charge in [-0.1, -0.05) is 32.4 Å². The lowest BCUT2D eigenvalue weighted by Gasteiger charge is -2.28. The molecule has 1 amide bonds. The minimum Gasteiger partial charge on any atom is -0.349 e. The maximum absolute atomic E-state index is 12.0. The molecule has 1 N–H and O–H groups in total. The Labute approximate surface area is 113 Å². The van der Waals surface area contributed by atoms with E-state index in [1.807, 2.05) is 6.92 Å². The smallest absolute Gasteiger partial charge is 0.253 e. The number of carbonyl (C=O) groups excluding carboxylic acids is 1. The van der Waals surface area contributed by atoms with E-state index >= 15 is 0 Å². The van der Waals surface area contributed by atoms with Crippen molar-refractivity contribution in [1.29, 1.82) is 0 Å². The van der Waals surface area contributed by atoms with Crippen LogP contribution in [0.2, 0.25) is 5.02 Å². The van der Waals surface area contributed by atoms with Crippen LogP contribution in [0.25, 0.3) is 0 Å². The molecule has 0 saturated heterocycles. The molecule has 0 aliphatic heterocycles. The first kappa shape index (κ1) is 14.4. The minimum absolute atomic E-state index is 0.0146. The number of hydrogen-bond acceptors (Lipinski definition) is 2. The van der Waals surface area contributed by atoms with E-state index in [0.29, 0.717) is 10.6 Å². The van der Waals surface area contributed by atoms with Gasteiger partial charge in [0.15, 0.2) is 0 Å². The average Bonchev–Trinajstić information content (AvgIpc) is 2.20. The van der Waals surface area contributed by atoms with Gasteiger partial charge in [0.1, 0.15) is 0 Å². The van der Waals surface area contributed by atoms with Gasteiger partial charge in [-0.15, -0.1) is 12.6 Å². The third-order valence-corrected chi connectivity index (χ3v) is 3.45.